The fourth-order valence-electron chi connectivity index (χ4n) is 2.08. The van der Waals surface area contributed by atoms with E-state index >= 15 is 0 Å². The minimum atomic E-state index is 0.764. The van der Waals surface area contributed by atoms with E-state index < -0.39 is 0 Å². The molecular weight excluding hydrogens is 170 g/mol. The van der Waals surface area contributed by atoms with Crippen molar-refractivity contribution in [2.75, 3.05) is 6.54 Å². The van der Waals surface area contributed by atoms with Crippen LogP contribution in [0.1, 0.15) is 52.4 Å². The molecule has 0 aromatic carbocycles. The summed E-state index contributed by atoms with van der Waals surface area (Å²) in [4.78, 5) is 0. The molecule has 1 rings (SSSR count). The lowest BCUT2D eigenvalue weighted by Gasteiger charge is -2.34. The molecule has 1 nitrogen and oxygen atoms in total. The second kappa shape index (κ2) is 6.23. The predicted octanol–water partition coefficient (Wildman–Crippen LogP) is 3.51. The highest BCUT2D eigenvalue weighted by atomic mass is 14.9. The molecular formula is C13H25N. The Morgan fingerprint density at radius 1 is 1.50 bits per heavy atom. The van der Waals surface area contributed by atoms with E-state index in [0.29, 0.717) is 0 Å². The van der Waals surface area contributed by atoms with Crippen molar-refractivity contribution in [2.45, 2.75) is 58.4 Å². The van der Waals surface area contributed by atoms with Gasteiger partial charge in [0, 0.05) is 6.04 Å². The minimum absolute atomic E-state index is 0.764. The minimum Gasteiger partial charge on any atom is -0.314 e. The third-order valence-corrected chi connectivity index (χ3v) is 3.26. The first-order valence-electron chi connectivity index (χ1n) is 6.11. The Bertz CT molecular complexity index is 170. The monoisotopic (exact) mass is 195 g/mol. The average Bonchev–Trinajstić information content (AvgIpc) is 2.06. The Morgan fingerprint density at radius 3 is 2.64 bits per heavy atom. The normalized spacial score (nSPS) is 19.0. The summed E-state index contributed by atoms with van der Waals surface area (Å²) in [5.74, 6) is 0.959. The highest BCUT2D eigenvalue weighted by molar-refractivity contribution is 4.91. The van der Waals surface area contributed by atoms with Crippen LogP contribution in [0.2, 0.25) is 0 Å². The SMILES string of the molecule is C=C(C)CCC(NCCC)C1CCC1. The molecule has 0 aromatic rings. The van der Waals surface area contributed by atoms with E-state index in [1.54, 1.807) is 0 Å². The highest BCUT2D eigenvalue weighted by Crippen LogP contribution is 2.31. The number of allylic oxidation sites excluding steroid dienone is 1. The zero-order valence-corrected chi connectivity index (χ0v) is 9.81. The van der Waals surface area contributed by atoms with Gasteiger partial charge in [0.25, 0.3) is 0 Å². The standard InChI is InChI=1S/C13H25N/c1-4-10-14-13(9-8-11(2)3)12-6-5-7-12/h12-14H,2,4-10H2,1,3H3. The Hall–Kier alpha value is -0.300. The van der Waals surface area contributed by atoms with Gasteiger partial charge in [0.05, 0.1) is 0 Å². The molecule has 0 amide bonds. The Balaban J connectivity index is 2.24. The van der Waals surface area contributed by atoms with Crippen molar-refractivity contribution in [1.82, 2.24) is 5.32 Å². The fraction of sp³-hybridized carbons (Fsp3) is 0.846. The summed E-state index contributed by atoms with van der Waals surface area (Å²) in [6.45, 7) is 9.54. The molecule has 82 valence electrons. The van der Waals surface area contributed by atoms with Crippen molar-refractivity contribution in [1.29, 1.82) is 0 Å². The molecule has 1 aliphatic rings. The van der Waals surface area contributed by atoms with Gasteiger partial charge in [-0.3, -0.25) is 0 Å². The number of hydrogen-bond acceptors (Lipinski definition) is 1. The molecule has 0 bridgehead atoms. The maximum Gasteiger partial charge on any atom is 0.00983 e. The predicted molar refractivity (Wildman–Crippen MR) is 63.5 cm³/mol. The summed E-state index contributed by atoms with van der Waals surface area (Å²) in [7, 11) is 0. The number of hydrogen-bond donors (Lipinski definition) is 1. The molecule has 0 spiro atoms. The first-order chi connectivity index (χ1) is 6.74. The maximum atomic E-state index is 3.98. The molecule has 1 atom stereocenters. The van der Waals surface area contributed by atoms with E-state index in [1.807, 2.05) is 0 Å². The summed E-state index contributed by atoms with van der Waals surface area (Å²) in [6.07, 6.45) is 8.06. The second-order valence-electron chi connectivity index (χ2n) is 4.75. The van der Waals surface area contributed by atoms with E-state index in [-0.39, 0.29) is 0 Å². The third-order valence-electron chi connectivity index (χ3n) is 3.26. The quantitative estimate of drug-likeness (QED) is 0.613. The van der Waals surface area contributed by atoms with Crippen molar-refractivity contribution in [3.8, 4) is 0 Å². The molecule has 1 heteroatoms. The van der Waals surface area contributed by atoms with Gasteiger partial charge in [-0.15, -0.1) is 6.58 Å². The highest BCUT2D eigenvalue weighted by Gasteiger charge is 2.26. The van der Waals surface area contributed by atoms with Crippen LogP contribution < -0.4 is 5.32 Å². The number of nitrogens with one attached hydrogen (secondary N) is 1. The van der Waals surface area contributed by atoms with Gasteiger partial charge in [0.1, 0.15) is 0 Å². The van der Waals surface area contributed by atoms with Crippen LogP contribution >= 0.6 is 0 Å². The molecule has 1 saturated carbocycles. The van der Waals surface area contributed by atoms with Crippen LogP contribution in [0.4, 0.5) is 0 Å². The van der Waals surface area contributed by atoms with Crippen LogP contribution in [-0.2, 0) is 0 Å². The lowest BCUT2D eigenvalue weighted by atomic mass is 9.78. The second-order valence-corrected chi connectivity index (χ2v) is 4.75. The van der Waals surface area contributed by atoms with Crippen LogP contribution in [0.25, 0.3) is 0 Å². The molecule has 0 heterocycles. The summed E-state index contributed by atoms with van der Waals surface area (Å²) >= 11 is 0. The molecule has 1 N–H and O–H groups in total. The summed E-state index contributed by atoms with van der Waals surface area (Å²) in [6, 6.07) is 0.764. The van der Waals surface area contributed by atoms with E-state index in [4.69, 9.17) is 0 Å². The van der Waals surface area contributed by atoms with Crippen molar-refractivity contribution in [2.24, 2.45) is 5.92 Å². The zero-order valence-electron chi connectivity index (χ0n) is 9.81. The molecule has 0 aliphatic heterocycles. The van der Waals surface area contributed by atoms with Gasteiger partial charge in [-0.25, -0.2) is 0 Å². The van der Waals surface area contributed by atoms with Gasteiger partial charge >= 0.3 is 0 Å². The zero-order chi connectivity index (χ0) is 10.4. The van der Waals surface area contributed by atoms with Crippen LogP contribution in [0.5, 0.6) is 0 Å². The maximum absolute atomic E-state index is 3.98. The Labute approximate surface area is 89.0 Å². The largest absolute Gasteiger partial charge is 0.314 e. The molecule has 1 unspecified atom stereocenters. The Kier molecular flexibility index (Phi) is 5.24. The van der Waals surface area contributed by atoms with Gasteiger partial charge in [-0.2, -0.15) is 0 Å². The van der Waals surface area contributed by atoms with Crippen molar-refractivity contribution < 1.29 is 0 Å². The van der Waals surface area contributed by atoms with Crippen LogP contribution in [0.15, 0.2) is 12.2 Å². The first-order valence-corrected chi connectivity index (χ1v) is 6.11. The lowest BCUT2D eigenvalue weighted by molar-refractivity contribution is 0.220. The van der Waals surface area contributed by atoms with Crippen LogP contribution in [0.3, 0.4) is 0 Å². The van der Waals surface area contributed by atoms with Gasteiger partial charge < -0.3 is 5.32 Å². The van der Waals surface area contributed by atoms with E-state index in [1.165, 1.54) is 50.6 Å². The number of rotatable bonds is 7. The summed E-state index contributed by atoms with van der Waals surface area (Å²) in [5, 5.41) is 3.69. The molecule has 0 saturated heterocycles. The topological polar surface area (TPSA) is 12.0 Å². The summed E-state index contributed by atoms with van der Waals surface area (Å²) in [5.41, 5.74) is 1.33. The van der Waals surface area contributed by atoms with E-state index in [2.05, 4.69) is 25.7 Å². The van der Waals surface area contributed by atoms with Gasteiger partial charge in [0.2, 0.25) is 0 Å². The van der Waals surface area contributed by atoms with Gasteiger partial charge in [-0.1, -0.05) is 18.9 Å². The van der Waals surface area contributed by atoms with Crippen molar-refractivity contribution >= 4 is 0 Å². The Morgan fingerprint density at radius 2 is 2.21 bits per heavy atom. The summed E-state index contributed by atoms with van der Waals surface area (Å²) < 4.78 is 0. The average molecular weight is 195 g/mol. The van der Waals surface area contributed by atoms with Gasteiger partial charge in [-0.05, 0) is 51.5 Å². The molecule has 1 aliphatic carbocycles. The van der Waals surface area contributed by atoms with E-state index in [9.17, 15) is 0 Å². The molecule has 14 heavy (non-hydrogen) atoms. The lowest BCUT2D eigenvalue weighted by Crippen LogP contribution is -2.39. The first kappa shape index (κ1) is 11.8. The van der Waals surface area contributed by atoms with Gasteiger partial charge in [0.15, 0.2) is 0 Å². The molecule has 0 radical (unpaired) electrons. The van der Waals surface area contributed by atoms with Crippen molar-refractivity contribution in [3.05, 3.63) is 12.2 Å². The van der Waals surface area contributed by atoms with Crippen LogP contribution in [-0.4, -0.2) is 12.6 Å². The van der Waals surface area contributed by atoms with E-state index in [0.717, 1.165) is 12.0 Å². The smallest absolute Gasteiger partial charge is 0.00983 e. The van der Waals surface area contributed by atoms with Crippen molar-refractivity contribution in [3.63, 3.8) is 0 Å². The third kappa shape index (κ3) is 3.83. The molecule has 0 aromatic heterocycles. The molecule has 1 fully saturated rings. The van der Waals surface area contributed by atoms with Crippen LogP contribution in [0, 0.1) is 5.92 Å². The fourth-order valence-corrected chi connectivity index (χ4v) is 2.08.